The fraction of sp³-hybridized carbons (Fsp3) is 0.261. The number of nitrogens with zero attached hydrogens (tertiary/aromatic N) is 1. The molecule has 2 aliphatic rings. The molecule has 0 spiro atoms. The normalized spacial score (nSPS) is 21.6. The molecule has 148 valence electrons. The molecule has 2 heterocycles. The maximum absolute atomic E-state index is 13.3. The molecule has 6 heteroatoms. The van der Waals surface area contributed by atoms with Gasteiger partial charge in [0.25, 0.3) is 5.91 Å². The van der Waals surface area contributed by atoms with Crippen molar-refractivity contribution in [3.8, 4) is 0 Å². The van der Waals surface area contributed by atoms with Crippen LogP contribution in [0.25, 0.3) is 0 Å². The van der Waals surface area contributed by atoms with Crippen LogP contribution in [0, 0.1) is 5.92 Å². The number of Topliss-reactive ketones (excluding diaryl/α,β-unsaturated/α-hetero) is 1. The van der Waals surface area contributed by atoms with E-state index in [-0.39, 0.29) is 17.6 Å². The Morgan fingerprint density at radius 2 is 1.93 bits per heavy atom. The zero-order valence-corrected chi connectivity index (χ0v) is 17.1. The van der Waals surface area contributed by atoms with Crippen molar-refractivity contribution < 1.29 is 9.59 Å². The fourth-order valence-electron chi connectivity index (χ4n) is 4.14. The number of halogens is 1. The number of ketones is 1. The van der Waals surface area contributed by atoms with Crippen molar-refractivity contribution in [2.45, 2.75) is 32.6 Å². The fourth-order valence-corrected chi connectivity index (χ4v) is 4.27. The van der Waals surface area contributed by atoms with Crippen LogP contribution in [0.1, 0.15) is 38.2 Å². The molecule has 0 fully saturated rings. The number of hydrogen-bond acceptors (Lipinski definition) is 4. The van der Waals surface area contributed by atoms with Crippen LogP contribution >= 0.6 is 11.6 Å². The average Bonchev–Trinajstić information content (AvgIpc) is 2.68. The van der Waals surface area contributed by atoms with Gasteiger partial charge in [0.1, 0.15) is 5.82 Å². The van der Waals surface area contributed by atoms with Crippen molar-refractivity contribution >= 4 is 29.1 Å². The average molecular weight is 408 g/mol. The Bertz CT molecular complexity index is 1030. The molecular weight excluding hydrogens is 386 g/mol. The third-order valence-electron chi connectivity index (χ3n) is 5.39. The van der Waals surface area contributed by atoms with Gasteiger partial charge < -0.3 is 10.6 Å². The van der Waals surface area contributed by atoms with E-state index < -0.39 is 5.92 Å². The number of benzene rings is 1. The number of aromatic nitrogens is 1. The topological polar surface area (TPSA) is 71.1 Å². The van der Waals surface area contributed by atoms with E-state index in [0.29, 0.717) is 28.4 Å². The van der Waals surface area contributed by atoms with Gasteiger partial charge in [-0.2, -0.15) is 0 Å². The first kappa shape index (κ1) is 19.4. The van der Waals surface area contributed by atoms with Crippen LogP contribution < -0.4 is 10.6 Å². The first-order valence-corrected chi connectivity index (χ1v) is 10.0. The largest absolute Gasteiger partial charge is 0.362 e. The van der Waals surface area contributed by atoms with Crippen LogP contribution in [-0.4, -0.2) is 16.7 Å². The third kappa shape index (κ3) is 3.83. The van der Waals surface area contributed by atoms with Crippen molar-refractivity contribution in [2.24, 2.45) is 5.92 Å². The molecule has 2 N–H and O–H groups in total. The van der Waals surface area contributed by atoms with E-state index in [9.17, 15) is 9.59 Å². The van der Waals surface area contributed by atoms with Gasteiger partial charge in [-0.05, 0) is 49.1 Å². The van der Waals surface area contributed by atoms with Crippen molar-refractivity contribution in [2.75, 3.05) is 5.32 Å². The van der Waals surface area contributed by atoms with E-state index in [1.165, 1.54) is 0 Å². The van der Waals surface area contributed by atoms with Crippen LogP contribution in [0.3, 0.4) is 0 Å². The van der Waals surface area contributed by atoms with Crippen LogP contribution in [0.5, 0.6) is 0 Å². The van der Waals surface area contributed by atoms with E-state index >= 15 is 0 Å². The molecule has 1 aliphatic heterocycles. The van der Waals surface area contributed by atoms with Gasteiger partial charge in [0.05, 0.1) is 0 Å². The van der Waals surface area contributed by atoms with Crippen LogP contribution in [0.4, 0.5) is 5.82 Å². The predicted molar refractivity (Wildman–Crippen MR) is 113 cm³/mol. The van der Waals surface area contributed by atoms with Crippen LogP contribution in [0.15, 0.2) is 71.2 Å². The summed E-state index contributed by atoms with van der Waals surface area (Å²) in [6, 6.07) is 12.7. The molecule has 4 rings (SSSR count). The van der Waals surface area contributed by atoms with Crippen LogP contribution in [0.2, 0.25) is 5.02 Å². The SMILES string of the molecule is CC1=C(C(=O)Nc2ccccn2)[C@H](c2ccc(Cl)cc2)C2=C(C[C@@H](C)CC2=O)N1. The van der Waals surface area contributed by atoms with Crippen molar-refractivity contribution in [1.29, 1.82) is 0 Å². The number of carbonyl (C=O) groups excluding carboxylic acids is 2. The molecular formula is C23H22ClN3O2. The molecule has 5 nitrogen and oxygen atoms in total. The molecule has 1 amide bonds. The first-order chi connectivity index (χ1) is 13.9. The van der Waals surface area contributed by atoms with Crippen molar-refractivity contribution in [3.63, 3.8) is 0 Å². The molecule has 0 saturated heterocycles. The number of amides is 1. The summed E-state index contributed by atoms with van der Waals surface area (Å²) in [7, 11) is 0. The number of allylic oxidation sites excluding steroid dienone is 3. The summed E-state index contributed by atoms with van der Waals surface area (Å²) in [4.78, 5) is 30.5. The highest BCUT2D eigenvalue weighted by Gasteiger charge is 2.39. The minimum absolute atomic E-state index is 0.0850. The quantitative estimate of drug-likeness (QED) is 0.780. The molecule has 1 aliphatic carbocycles. The highest BCUT2D eigenvalue weighted by atomic mass is 35.5. The number of dihydropyridines is 1. The number of pyridine rings is 1. The van der Waals surface area contributed by atoms with E-state index in [1.807, 2.05) is 25.1 Å². The van der Waals surface area contributed by atoms with Gasteiger partial charge in [-0.15, -0.1) is 0 Å². The lowest BCUT2D eigenvalue weighted by molar-refractivity contribution is -0.117. The predicted octanol–water partition coefficient (Wildman–Crippen LogP) is 4.59. The third-order valence-corrected chi connectivity index (χ3v) is 5.64. The number of anilines is 1. The van der Waals surface area contributed by atoms with Gasteiger partial charge in [0.15, 0.2) is 5.78 Å². The first-order valence-electron chi connectivity index (χ1n) is 9.66. The second-order valence-electron chi connectivity index (χ2n) is 7.65. The molecule has 2 aromatic rings. The zero-order chi connectivity index (χ0) is 20.5. The molecule has 2 atom stereocenters. The highest BCUT2D eigenvalue weighted by molar-refractivity contribution is 6.30. The maximum Gasteiger partial charge on any atom is 0.255 e. The summed E-state index contributed by atoms with van der Waals surface area (Å²) in [6.45, 7) is 3.95. The van der Waals surface area contributed by atoms with E-state index in [1.54, 1.807) is 30.5 Å². The molecule has 0 bridgehead atoms. The van der Waals surface area contributed by atoms with Gasteiger partial charge in [0, 0.05) is 46.1 Å². The van der Waals surface area contributed by atoms with Gasteiger partial charge in [-0.1, -0.05) is 36.7 Å². The Balaban J connectivity index is 1.80. The second kappa shape index (κ2) is 7.84. The number of rotatable bonds is 3. The molecule has 0 unspecified atom stereocenters. The summed E-state index contributed by atoms with van der Waals surface area (Å²) < 4.78 is 0. The van der Waals surface area contributed by atoms with Crippen molar-refractivity contribution in [1.82, 2.24) is 10.3 Å². The lowest BCUT2D eigenvalue weighted by Gasteiger charge is -2.36. The minimum Gasteiger partial charge on any atom is -0.362 e. The Morgan fingerprint density at radius 3 is 2.62 bits per heavy atom. The Labute approximate surface area is 174 Å². The Kier molecular flexibility index (Phi) is 5.24. The minimum atomic E-state index is -0.438. The standard InChI is InChI=1S/C23H22ClN3O2/c1-13-11-17-22(18(28)12-13)21(15-6-8-16(24)9-7-15)20(14(2)26-17)23(29)27-19-5-3-4-10-25-19/h3-10,13,21,26H,11-12H2,1-2H3,(H,25,27,29)/t13-,21+/m1/s1. The highest BCUT2D eigenvalue weighted by Crippen LogP contribution is 2.43. The lowest BCUT2D eigenvalue weighted by Crippen LogP contribution is -2.37. The summed E-state index contributed by atoms with van der Waals surface area (Å²) in [5.41, 5.74) is 3.75. The summed E-state index contributed by atoms with van der Waals surface area (Å²) in [5.74, 6) is 0.119. The smallest absolute Gasteiger partial charge is 0.255 e. The maximum atomic E-state index is 13.3. The molecule has 1 aromatic heterocycles. The zero-order valence-electron chi connectivity index (χ0n) is 16.3. The van der Waals surface area contributed by atoms with Gasteiger partial charge in [-0.25, -0.2) is 4.98 Å². The Morgan fingerprint density at radius 1 is 1.17 bits per heavy atom. The summed E-state index contributed by atoms with van der Waals surface area (Å²) in [5, 5.41) is 6.81. The van der Waals surface area contributed by atoms with Crippen molar-refractivity contribution in [3.05, 3.63) is 81.8 Å². The summed E-state index contributed by atoms with van der Waals surface area (Å²) >= 11 is 6.08. The molecule has 1 aromatic carbocycles. The second-order valence-corrected chi connectivity index (χ2v) is 8.08. The Hall–Kier alpha value is -2.92. The molecule has 0 saturated carbocycles. The van der Waals surface area contributed by atoms with E-state index in [4.69, 9.17) is 11.6 Å². The number of nitrogens with one attached hydrogen (secondary N) is 2. The molecule has 29 heavy (non-hydrogen) atoms. The summed E-state index contributed by atoms with van der Waals surface area (Å²) in [6.07, 6.45) is 2.90. The van der Waals surface area contributed by atoms with E-state index in [0.717, 1.165) is 23.4 Å². The van der Waals surface area contributed by atoms with Gasteiger partial charge in [0.2, 0.25) is 0 Å². The van der Waals surface area contributed by atoms with Crippen LogP contribution in [-0.2, 0) is 9.59 Å². The number of carbonyl (C=O) groups is 2. The molecule has 0 radical (unpaired) electrons. The monoisotopic (exact) mass is 407 g/mol. The number of hydrogen-bond donors (Lipinski definition) is 2. The van der Waals surface area contributed by atoms with Gasteiger partial charge >= 0.3 is 0 Å². The lowest BCUT2D eigenvalue weighted by atomic mass is 9.73. The van der Waals surface area contributed by atoms with Gasteiger partial charge in [-0.3, -0.25) is 9.59 Å². The van der Waals surface area contributed by atoms with E-state index in [2.05, 4.69) is 22.5 Å².